The van der Waals surface area contributed by atoms with Crippen molar-refractivity contribution in [1.82, 2.24) is 10.2 Å². The monoisotopic (exact) mass is 326 g/mol. The minimum Gasteiger partial charge on any atom is -0.310 e. The van der Waals surface area contributed by atoms with E-state index in [2.05, 4.69) is 30.1 Å². The van der Waals surface area contributed by atoms with E-state index in [9.17, 15) is 0 Å². The van der Waals surface area contributed by atoms with E-state index in [1.165, 1.54) is 24.8 Å². The first kappa shape index (κ1) is 15.6. The van der Waals surface area contributed by atoms with Crippen LogP contribution in [0.15, 0.2) is 18.2 Å². The third-order valence-corrected chi connectivity index (χ3v) is 5.68. The molecule has 1 aliphatic carbocycles. The zero-order valence-electron chi connectivity index (χ0n) is 12.8. The lowest BCUT2D eigenvalue weighted by Crippen LogP contribution is -2.51. The van der Waals surface area contributed by atoms with Gasteiger partial charge in [0.25, 0.3) is 0 Å². The van der Waals surface area contributed by atoms with E-state index in [1.54, 1.807) is 0 Å². The number of hydrogen-bond donors (Lipinski definition) is 1. The van der Waals surface area contributed by atoms with Crippen molar-refractivity contribution >= 4 is 23.2 Å². The highest BCUT2D eigenvalue weighted by Crippen LogP contribution is 2.42. The van der Waals surface area contributed by atoms with E-state index in [1.807, 2.05) is 12.1 Å². The largest absolute Gasteiger partial charge is 0.310 e. The molecular weight excluding hydrogens is 303 g/mol. The van der Waals surface area contributed by atoms with Crippen LogP contribution in [0.2, 0.25) is 10.0 Å². The molecule has 0 spiro atoms. The van der Waals surface area contributed by atoms with Gasteiger partial charge in [0, 0.05) is 34.7 Å². The molecule has 1 N–H and O–H groups in total. The first-order valence-electron chi connectivity index (χ1n) is 7.93. The van der Waals surface area contributed by atoms with Gasteiger partial charge in [-0.1, -0.05) is 29.3 Å². The van der Waals surface area contributed by atoms with Gasteiger partial charge in [0.05, 0.1) is 0 Å². The second-order valence-corrected chi connectivity index (χ2v) is 7.63. The van der Waals surface area contributed by atoms with E-state index in [0.717, 1.165) is 30.6 Å². The second kappa shape index (κ2) is 6.08. The highest BCUT2D eigenvalue weighted by molar-refractivity contribution is 6.35. The van der Waals surface area contributed by atoms with Gasteiger partial charge in [-0.3, -0.25) is 4.90 Å². The molecule has 3 rings (SSSR count). The summed E-state index contributed by atoms with van der Waals surface area (Å²) in [5.41, 5.74) is 1.44. The molecule has 4 heteroatoms. The highest BCUT2D eigenvalue weighted by atomic mass is 35.5. The number of nitrogens with one attached hydrogen (secondary N) is 1. The molecule has 2 unspecified atom stereocenters. The lowest BCUT2D eigenvalue weighted by Gasteiger charge is -2.37. The van der Waals surface area contributed by atoms with E-state index < -0.39 is 0 Å². The van der Waals surface area contributed by atoms with Crippen LogP contribution in [-0.2, 0) is 0 Å². The van der Waals surface area contributed by atoms with E-state index >= 15 is 0 Å². The quantitative estimate of drug-likeness (QED) is 0.878. The molecule has 2 atom stereocenters. The van der Waals surface area contributed by atoms with E-state index in [0.29, 0.717) is 11.1 Å². The summed E-state index contributed by atoms with van der Waals surface area (Å²) in [6.07, 6.45) is 3.93. The zero-order valence-corrected chi connectivity index (χ0v) is 14.3. The Morgan fingerprint density at radius 1 is 1.33 bits per heavy atom. The molecule has 2 aliphatic rings. The molecular formula is C17H24Cl2N2. The Kier molecular flexibility index (Phi) is 4.52. The molecule has 0 radical (unpaired) electrons. The maximum Gasteiger partial charge on any atom is 0.0468 e. The van der Waals surface area contributed by atoms with Gasteiger partial charge < -0.3 is 5.32 Å². The highest BCUT2D eigenvalue weighted by Gasteiger charge is 2.43. The molecule has 1 saturated carbocycles. The molecule has 0 bridgehead atoms. The summed E-state index contributed by atoms with van der Waals surface area (Å²) in [7, 11) is 0. The lowest BCUT2D eigenvalue weighted by molar-refractivity contribution is 0.160. The summed E-state index contributed by atoms with van der Waals surface area (Å²) in [6, 6.07) is 6.19. The maximum absolute atomic E-state index is 6.40. The van der Waals surface area contributed by atoms with Crippen molar-refractivity contribution < 1.29 is 0 Å². The van der Waals surface area contributed by atoms with Crippen LogP contribution in [0.1, 0.15) is 44.7 Å². The smallest absolute Gasteiger partial charge is 0.0468 e. The molecule has 0 amide bonds. The van der Waals surface area contributed by atoms with Crippen molar-refractivity contribution in [2.45, 2.75) is 44.7 Å². The lowest BCUT2D eigenvalue weighted by atomic mass is 9.94. The topological polar surface area (TPSA) is 15.3 Å². The fourth-order valence-corrected chi connectivity index (χ4v) is 4.14. The first-order chi connectivity index (χ1) is 9.99. The van der Waals surface area contributed by atoms with Crippen LogP contribution in [0.4, 0.5) is 0 Å². The summed E-state index contributed by atoms with van der Waals surface area (Å²) in [6.45, 7) is 7.98. The van der Waals surface area contributed by atoms with Crippen molar-refractivity contribution in [2.24, 2.45) is 5.92 Å². The van der Waals surface area contributed by atoms with Crippen LogP contribution in [-0.4, -0.2) is 30.1 Å². The minimum absolute atomic E-state index is 0.254. The van der Waals surface area contributed by atoms with Crippen LogP contribution in [0.3, 0.4) is 0 Å². The second-order valence-electron chi connectivity index (χ2n) is 6.78. The third kappa shape index (κ3) is 3.39. The Morgan fingerprint density at radius 2 is 2.10 bits per heavy atom. The van der Waals surface area contributed by atoms with Crippen LogP contribution >= 0.6 is 23.2 Å². The number of benzene rings is 1. The van der Waals surface area contributed by atoms with Crippen molar-refractivity contribution in [2.75, 3.05) is 19.6 Å². The van der Waals surface area contributed by atoms with E-state index in [-0.39, 0.29) is 5.54 Å². The normalized spacial score (nSPS) is 29.1. The third-order valence-electron chi connectivity index (χ3n) is 5.12. The van der Waals surface area contributed by atoms with Gasteiger partial charge in [0.15, 0.2) is 0 Å². The van der Waals surface area contributed by atoms with Crippen molar-refractivity contribution in [1.29, 1.82) is 0 Å². The number of hydrogen-bond acceptors (Lipinski definition) is 2. The number of halogens is 2. The predicted molar refractivity (Wildman–Crippen MR) is 90.2 cm³/mol. The summed E-state index contributed by atoms with van der Waals surface area (Å²) in [5.74, 6) is 0.839. The van der Waals surface area contributed by atoms with Crippen LogP contribution in [0.5, 0.6) is 0 Å². The first-order valence-corrected chi connectivity index (χ1v) is 8.69. The number of rotatable bonds is 3. The summed E-state index contributed by atoms with van der Waals surface area (Å²) in [4.78, 5) is 2.58. The molecule has 0 aromatic heterocycles. The Morgan fingerprint density at radius 3 is 2.76 bits per heavy atom. The van der Waals surface area contributed by atoms with Crippen LogP contribution in [0.25, 0.3) is 0 Å². The van der Waals surface area contributed by atoms with Crippen LogP contribution < -0.4 is 5.32 Å². The summed E-state index contributed by atoms with van der Waals surface area (Å²) < 4.78 is 0. The minimum atomic E-state index is 0.254. The molecule has 1 aromatic carbocycles. The predicted octanol–water partition coefficient (Wildman–Crippen LogP) is 4.52. The van der Waals surface area contributed by atoms with Crippen molar-refractivity contribution in [3.05, 3.63) is 33.8 Å². The Balaban J connectivity index is 1.80. The standard InChI is InChI=1S/C17H24Cl2N2/c1-12(15-7-6-14(18)10-16(15)19)21-9-3-8-20-17(2,11-21)13-4-5-13/h6-7,10,12-13,20H,3-5,8-9,11H2,1-2H3. The fourth-order valence-electron chi connectivity index (χ4n) is 3.57. The average molecular weight is 327 g/mol. The Hall–Kier alpha value is -0.280. The summed E-state index contributed by atoms with van der Waals surface area (Å²) in [5, 5.41) is 5.27. The molecule has 1 aliphatic heterocycles. The van der Waals surface area contributed by atoms with Gasteiger partial charge in [-0.25, -0.2) is 0 Å². The SMILES string of the molecule is CC(c1ccc(Cl)cc1Cl)N1CCCNC(C)(C2CC2)C1. The molecule has 1 heterocycles. The average Bonchev–Trinajstić information content (AvgIpc) is 3.25. The van der Waals surface area contributed by atoms with Crippen molar-refractivity contribution in [3.8, 4) is 0 Å². The Bertz CT molecular complexity index is 516. The molecule has 1 aromatic rings. The fraction of sp³-hybridized carbons (Fsp3) is 0.647. The van der Waals surface area contributed by atoms with Gasteiger partial charge in [0.1, 0.15) is 0 Å². The van der Waals surface area contributed by atoms with Crippen molar-refractivity contribution in [3.63, 3.8) is 0 Å². The molecule has 2 fully saturated rings. The summed E-state index contributed by atoms with van der Waals surface area (Å²) >= 11 is 12.4. The maximum atomic E-state index is 6.40. The molecule has 116 valence electrons. The molecule has 21 heavy (non-hydrogen) atoms. The number of nitrogens with zero attached hydrogens (tertiary/aromatic N) is 1. The molecule has 2 nitrogen and oxygen atoms in total. The molecule has 1 saturated heterocycles. The van der Waals surface area contributed by atoms with Crippen LogP contribution in [0, 0.1) is 5.92 Å². The zero-order chi connectivity index (χ0) is 15.0. The van der Waals surface area contributed by atoms with Gasteiger partial charge in [-0.15, -0.1) is 0 Å². The van der Waals surface area contributed by atoms with Gasteiger partial charge in [0.2, 0.25) is 0 Å². The van der Waals surface area contributed by atoms with E-state index in [4.69, 9.17) is 23.2 Å². The Labute approximate surface area is 137 Å². The van der Waals surface area contributed by atoms with Gasteiger partial charge >= 0.3 is 0 Å². The van der Waals surface area contributed by atoms with Gasteiger partial charge in [-0.2, -0.15) is 0 Å². The van der Waals surface area contributed by atoms with Gasteiger partial charge in [-0.05, 0) is 63.3 Å².